The fraction of sp³-hybridized carbons (Fsp3) is 0.250. The second-order valence-electron chi connectivity index (χ2n) is 14.6. The third-order valence-corrected chi connectivity index (χ3v) is 10.2. The number of unbranched alkanes of at least 4 members (excludes halogenated alkanes) is 15. The Morgan fingerprint density at radius 1 is 0.259 bits per heavy atom. The third-order valence-electron chi connectivity index (χ3n) is 8.81. The number of thiol groups is 2. The van der Waals surface area contributed by atoms with Crippen LogP contribution in [0.4, 0.5) is 0 Å². The maximum Gasteiger partial charge on any atom is 0.193 e. The Balaban J connectivity index is 2.38. The van der Waals surface area contributed by atoms with E-state index < -0.39 is 0 Å². The van der Waals surface area contributed by atoms with Crippen LogP contribution in [0.1, 0.15) is 117 Å². The van der Waals surface area contributed by atoms with Crippen LogP contribution in [0.15, 0.2) is 10.1 Å². The highest BCUT2D eigenvalue weighted by atomic mass is 32.1. The van der Waals surface area contributed by atoms with Crippen molar-refractivity contribution in [2.24, 2.45) is 0 Å². The van der Waals surface area contributed by atoms with Crippen molar-refractivity contribution in [1.82, 2.24) is 9.13 Å². The lowest BCUT2D eigenvalue weighted by molar-refractivity contribution is 0.513. The topological polar surface area (TPSA) is 9.86 Å². The average Bonchev–Trinajstić information content (AvgIpc) is 3.70. The van der Waals surface area contributed by atoms with E-state index in [2.05, 4.69) is 352 Å². The first-order valence-electron chi connectivity index (χ1n) is 24.8. The Kier molecular flexibility index (Phi) is 46.5. The molecule has 0 aromatic carbocycles. The van der Waals surface area contributed by atoms with Crippen LogP contribution in [0, 0.1) is 325 Å². The molecule has 5 heteroatoms. The molecule has 0 N–H and O–H groups in total. The van der Waals surface area contributed by atoms with Crippen LogP contribution in [-0.2, 0) is 6.54 Å². The zero-order valence-corrected chi connectivity index (χ0v) is 47.3. The van der Waals surface area contributed by atoms with Crippen LogP contribution in [-0.4, -0.2) is 9.13 Å². The van der Waals surface area contributed by atoms with Crippen molar-refractivity contribution < 1.29 is 0 Å². The molecule has 0 bridgehead atoms. The second-order valence-corrected chi connectivity index (χ2v) is 15.8. The summed E-state index contributed by atoms with van der Waals surface area (Å²) >= 11 is 14.8. The molecule has 1 aromatic rings. The molecule has 1 aromatic heterocycles. The lowest BCUT2D eigenvalue weighted by Gasteiger charge is -2.05. The minimum absolute atomic E-state index is 0.548. The summed E-state index contributed by atoms with van der Waals surface area (Å²) in [5, 5.41) is 1.28. The van der Waals surface area contributed by atoms with Crippen molar-refractivity contribution in [3.8, 4) is 320 Å². The van der Waals surface area contributed by atoms with E-state index in [-0.39, 0.29) is 0 Å². The predicted molar refractivity (Wildman–Crippen MR) is 338 cm³/mol. The van der Waals surface area contributed by atoms with E-state index in [0.29, 0.717) is 14.8 Å². The fourth-order valence-corrected chi connectivity index (χ4v) is 6.37. The standard InChI is InChI=1S/C76H42N2S3/c1-3-5-7-9-11-13-15-17-19-21-22-23-24-25-26-27-28-29-30-31-32-33-34-35-36-37-38-39-40-41-42-43-44-45-46-47-48-49-50-51-52-53-54-55-56-57-59-61-63-65-67-69-71-73-78-75(80)74(79)77(76(78)81)72-70-68-66-64-62-60-58-20-18-16-14-12-10-8-6-4-2/h79-80H,4,6,8,10,12,14,16,18,20,58,60,62,64,66,68,70,72H2,1-2H3. The van der Waals surface area contributed by atoms with Gasteiger partial charge in [-0.2, -0.15) is 0 Å². The normalized spacial score (nSPS) is 6.47. The van der Waals surface area contributed by atoms with Gasteiger partial charge in [0.25, 0.3) is 0 Å². The molecule has 0 saturated heterocycles. The first kappa shape index (κ1) is 67.3. The molecule has 0 aliphatic carbocycles. The molecule has 0 aliphatic rings. The number of hydrogen-bond donors (Lipinski definition) is 2. The smallest absolute Gasteiger partial charge is 0.193 e. The van der Waals surface area contributed by atoms with Crippen molar-refractivity contribution in [3.05, 3.63) is 4.77 Å². The van der Waals surface area contributed by atoms with Gasteiger partial charge in [0.15, 0.2) is 4.77 Å². The van der Waals surface area contributed by atoms with Crippen LogP contribution in [0.2, 0.25) is 0 Å². The number of nitrogens with zero attached hydrogens (tertiary/aromatic N) is 2. The van der Waals surface area contributed by atoms with Crippen molar-refractivity contribution in [3.63, 3.8) is 0 Å². The van der Waals surface area contributed by atoms with Gasteiger partial charge in [0.2, 0.25) is 0 Å². The van der Waals surface area contributed by atoms with Gasteiger partial charge in [-0.25, -0.2) is 4.57 Å². The Morgan fingerprint density at radius 2 is 0.444 bits per heavy atom. The first-order chi connectivity index (χ1) is 40.1. The summed E-state index contributed by atoms with van der Waals surface area (Å²) in [6, 6.07) is 2.92. The molecule has 0 saturated carbocycles. The highest BCUT2D eigenvalue weighted by Gasteiger charge is 2.11. The summed E-state index contributed by atoms with van der Waals surface area (Å²) in [5.41, 5.74) is 0. The van der Waals surface area contributed by atoms with Crippen molar-refractivity contribution >= 4 is 37.5 Å². The van der Waals surface area contributed by atoms with E-state index in [9.17, 15) is 0 Å². The zero-order chi connectivity index (χ0) is 58.1. The van der Waals surface area contributed by atoms with E-state index in [4.69, 9.17) is 12.2 Å². The average molecular weight is 1080 g/mol. The van der Waals surface area contributed by atoms with Crippen LogP contribution >= 0.6 is 37.5 Å². The molecule has 81 heavy (non-hydrogen) atoms. The number of aromatic nitrogens is 2. The molecule has 2 nitrogen and oxygen atoms in total. The van der Waals surface area contributed by atoms with Crippen LogP contribution in [0.5, 0.6) is 0 Å². The van der Waals surface area contributed by atoms with Gasteiger partial charge >= 0.3 is 0 Å². The van der Waals surface area contributed by atoms with E-state index in [1.807, 2.05) is 4.57 Å². The summed E-state index contributed by atoms with van der Waals surface area (Å²) in [5.74, 6) is 134. The van der Waals surface area contributed by atoms with Gasteiger partial charge in [-0.05, 0) is 72.9 Å². The van der Waals surface area contributed by atoms with Gasteiger partial charge in [0.05, 0.1) is 0 Å². The van der Waals surface area contributed by atoms with E-state index in [1.54, 1.807) is 11.5 Å². The monoisotopic (exact) mass is 1080 g/mol. The van der Waals surface area contributed by atoms with Gasteiger partial charge in [0.1, 0.15) is 10.1 Å². The van der Waals surface area contributed by atoms with Crippen LogP contribution < -0.4 is 0 Å². The van der Waals surface area contributed by atoms with Crippen molar-refractivity contribution in [2.45, 2.75) is 133 Å². The van der Waals surface area contributed by atoms with E-state index in [0.717, 1.165) is 19.4 Å². The fourth-order valence-electron chi connectivity index (χ4n) is 5.35. The lowest BCUT2D eigenvalue weighted by atomic mass is 10.0. The molecule has 0 amide bonds. The number of hydrogen-bond acceptors (Lipinski definition) is 3. The molecule has 0 radical (unpaired) electrons. The van der Waals surface area contributed by atoms with Gasteiger partial charge in [-0.15, -0.1) is 25.3 Å². The summed E-state index contributed by atoms with van der Waals surface area (Å²) < 4.78 is 4.13. The largest absolute Gasteiger partial charge is 0.310 e. The molecule has 1 rings (SSSR count). The molecule has 0 aliphatic heterocycles. The van der Waals surface area contributed by atoms with Gasteiger partial charge in [-0.1, -0.05) is 109 Å². The Bertz CT molecular complexity index is 4410. The van der Waals surface area contributed by atoms with Crippen molar-refractivity contribution in [2.75, 3.05) is 0 Å². The Hall–Kier alpha value is -11.8. The molecule has 0 atom stereocenters. The highest BCUT2D eigenvalue weighted by molar-refractivity contribution is 7.83. The first-order valence-corrected chi connectivity index (χ1v) is 26.1. The zero-order valence-electron chi connectivity index (χ0n) is 44.7. The summed E-state index contributed by atoms with van der Waals surface area (Å²) in [7, 11) is 0. The Labute approximate surface area is 501 Å². The molecule has 0 fully saturated rings. The SMILES string of the molecule is CC#CC#CC#CC#CC#CC#CC#CC#CC#CC#CC#CC#CC#CC#CC#CC#CC#CC#CC#CC#CC#CC#CC#CC#CC#CC#CC#Cn1c(S)c(S)n(CCCCCCCCCCCCCCCCCC)c1=S. The molecular weight excluding hydrogens is 1040 g/mol. The summed E-state index contributed by atoms with van der Waals surface area (Å²) in [6.07, 6.45) is 21.2. The van der Waals surface area contributed by atoms with Crippen LogP contribution in [0.25, 0.3) is 0 Å². The third kappa shape index (κ3) is 45.4. The predicted octanol–water partition coefficient (Wildman–Crippen LogP) is 8.78. The quantitative estimate of drug-likeness (QED) is 0.0688. The molecule has 0 spiro atoms. The maximum atomic E-state index is 5.65. The molecule has 1 heterocycles. The minimum atomic E-state index is 0.548. The Morgan fingerprint density at radius 3 is 0.654 bits per heavy atom. The van der Waals surface area contributed by atoms with Crippen LogP contribution in [0.3, 0.4) is 0 Å². The van der Waals surface area contributed by atoms with Gasteiger partial charge < -0.3 is 4.57 Å². The minimum Gasteiger partial charge on any atom is -0.310 e. The molecule has 0 unspecified atom stereocenters. The van der Waals surface area contributed by atoms with E-state index in [1.165, 1.54) is 89.9 Å². The second kappa shape index (κ2) is 56.0. The lowest BCUT2D eigenvalue weighted by Crippen LogP contribution is -2.00. The molecular formula is C76H42N2S3. The van der Waals surface area contributed by atoms with Gasteiger partial charge in [0, 0.05) is 273 Å². The number of imidazole rings is 1. The maximum absolute atomic E-state index is 5.65. The summed E-state index contributed by atoms with van der Waals surface area (Å²) in [4.78, 5) is 0. The van der Waals surface area contributed by atoms with Crippen molar-refractivity contribution in [1.29, 1.82) is 0 Å². The highest BCUT2D eigenvalue weighted by Crippen LogP contribution is 2.22. The van der Waals surface area contributed by atoms with Gasteiger partial charge in [-0.3, -0.25) is 0 Å². The number of rotatable bonds is 17. The summed E-state index contributed by atoms with van der Waals surface area (Å²) in [6.45, 7) is 4.74. The molecule has 374 valence electrons. The van der Waals surface area contributed by atoms with E-state index >= 15 is 0 Å².